The van der Waals surface area contributed by atoms with Crippen LogP contribution in [0.15, 0.2) is 24.3 Å². The zero-order chi connectivity index (χ0) is 18.4. The number of amides is 4. The number of carbonyl (C=O) groups excluding carboxylic acids is 2. The van der Waals surface area contributed by atoms with Gasteiger partial charge in [-0.15, -0.1) is 0 Å². The average Bonchev–Trinajstić information content (AvgIpc) is 2.54. The Balaban J connectivity index is 1.71. The number of para-hydroxylation sites is 1. The van der Waals surface area contributed by atoms with E-state index in [9.17, 15) is 14.0 Å². The number of anilines is 1. The van der Waals surface area contributed by atoms with Gasteiger partial charge in [0.15, 0.2) is 0 Å². The number of piperidine rings is 1. The van der Waals surface area contributed by atoms with Crippen LogP contribution in [0.3, 0.4) is 0 Å². The molecule has 0 atom stereocenters. The molecule has 1 aromatic carbocycles. The SMILES string of the molecule is CC(C)(C)NC(=O)N1CCC(CNC(=O)Nc2ccccc2F)CC1. The number of nitrogens with zero attached hydrogens (tertiary/aromatic N) is 1. The molecule has 0 aromatic heterocycles. The van der Waals surface area contributed by atoms with E-state index in [2.05, 4.69) is 16.0 Å². The summed E-state index contributed by atoms with van der Waals surface area (Å²) in [6.07, 6.45) is 1.66. The van der Waals surface area contributed by atoms with Crippen LogP contribution in [0, 0.1) is 11.7 Å². The quantitative estimate of drug-likeness (QED) is 0.783. The maximum Gasteiger partial charge on any atom is 0.319 e. The Labute approximate surface area is 148 Å². The molecule has 4 amide bonds. The Morgan fingerprint density at radius 2 is 1.84 bits per heavy atom. The summed E-state index contributed by atoms with van der Waals surface area (Å²) in [5.74, 6) is -0.152. The number of benzene rings is 1. The fraction of sp³-hybridized carbons (Fsp3) is 0.556. The number of likely N-dealkylation sites (tertiary alicyclic amines) is 1. The van der Waals surface area contributed by atoms with Crippen LogP contribution >= 0.6 is 0 Å². The summed E-state index contributed by atoms with van der Waals surface area (Å²) < 4.78 is 13.5. The van der Waals surface area contributed by atoms with Crippen molar-refractivity contribution < 1.29 is 14.0 Å². The van der Waals surface area contributed by atoms with Crippen LogP contribution in [0.5, 0.6) is 0 Å². The fourth-order valence-corrected chi connectivity index (χ4v) is 2.71. The van der Waals surface area contributed by atoms with Gasteiger partial charge in [-0.25, -0.2) is 14.0 Å². The first-order valence-corrected chi connectivity index (χ1v) is 8.61. The lowest BCUT2D eigenvalue weighted by molar-refractivity contribution is 0.162. The van der Waals surface area contributed by atoms with Gasteiger partial charge in [-0.05, 0) is 51.7 Å². The largest absolute Gasteiger partial charge is 0.338 e. The van der Waals surface area contributed by atoms with Gasteiger partial charge in [0.25, 0.3) is 0 Å². The van der Waals surface area contributed by atoms with Crippen molar-refractivity contribution in [1.82, 2.24) is 15.5 Å². The van der Waals surface area contributed by atoms with Gasteiger partial charge >= 0.3 is 12.1 Å². The molecule has 0 saturated carbocycles. The first kappa shape index (κ1) is 19.0. The van der Waals surface area contributed by atoms with E-state index >= 15 is 0 Å². The van der Waals surface area contributed by atoms with Gasteiger partial charge in [-0.1, -0.05) is 12.1 Å². The highest BCUT2D eigenvalue weighted by atomic mass is 19.1. The topological polar surface area (TPSA) is 73.5 Å². The highest BCUT2D eigenvalue weighted by Crippen LogP contribution is 2.17. The van der Waals surface area contributed by atoms with Crippen molar-refractivity contribution in [3.63, 3.8) is 0 Å². The molecular weight excluding hydrogens is 323 g/mol. The summed E-state index contributed by atoms with van der Waals surface area (Å²) in [4.78, 5) is 25.8. The number of carbonyl (C=O) groups is 2. The lowest BCUT2D eigenvalue weighted by Gasteiger charge is -2.34. The van der Waals surface area contributed by atoms with Crippen molar-refractivity contribution >= 4 is 17.7 Å². The molecule has 0 aliphatic carbocycles. The minimum absolute atomic E-state index is 0.0452. The predicted octanol–water partition coefficient (Wildman–Crippen LogP) is 3.17. The summed E-state index contributed by atoms with van der Waals surface area (Å²) in [5.41, 5.74) is -0.0889. The maximum absolute atomic E-state index is 13.5. The van der Waals surface area contributed by atoms with Gasteiger partial charge < -0.3 is 20.9 Å². The van der Waals surface area contributed by atoms with Crippen molar-refractivity contribution in [2.75, 3.05) is 25.0 Å². The van der Waals surface area contributed by atoms with E-state index in [-0.39, 0.29) is 17.3 Å². The molecule has 2 rings (SSSR count). The minimum Gasteiger partial charge on any atom is -0.338 e. The molecule has 25 heavy (non-hydrogen) atoms. The predicted molar refractivity (Wildman–Crippen MR) is 96.0 cm³/mol. The monoisotopic (exact) mass is 350 g/mol. The third kappa shape index (κ3) is 6.25. The van der Waals surface area contributed by atoms with E-state index in [1.165, 1.54) is 12.1 Å². The summed E-state index contributed by atoms with van der Waals surface area (Å²) in [6, 6.07) is 5.59. The molecule has 3 N–H and O–H groups in total. The Kier molecular flexibility index (Phi) is 6.22. The van der Waals surface area contributed by atoms with Crippen LogP contribution in [0.2, 0.25) is 0 Å². The first-order valence-electron chi connectivity index (χ1n) is 8.61. The summed E-state index contributed by atoms with van der Waals surface area (Å²) in [6.45, 7) is 7.71. The molecule has 0 bridgehead atoms. The Morgan fingerprint density at radius 3 is 2.44 bits per heavy atom. The van der Waals surface area contributed by atoms with Crippen molar-refractivity contribution in [3.05, 3.63) is 30.1 Å². The molecule has 138 valence electrons. The third-order valence-corrected chi connectivity index (χ3v) is 4.06. The number of hydrogen-bond acceptors (Lipinski definition) is 2. The smallest absolute Gasteiger partial charge is 0.319 e. The van der Waals surface area contributed by atoms with E-state index in [1.54, 1.807) is 17.0 Å². The van der Waals surface area contributed by atoms with Gasteiger partial charge in [-0.2, -0.15) is 0 Å². The van der Waals surface area contributed by atoms with Crippen LogP contribution in [0.4, 0.5) is 19.7 Å². The second-order valence-electron chi connectivity index (χ2n) is 7.43. The van der Waals surface area contributed by atoms with E-state index < -0.39 is 11.8 Å². The van der Waals surface area contributed by atoms with Crippen LogP contribution in [0.25, 0.3) is 0 Å². The first-order chi connectivity index (χ1) is 11.7. The van der Waals surface area contributed by atoms with Gasteiger partial charge in [0.2, 0.25) is 0 Å². The fourth-order valence-electron chi connectivity index (χ4n) is 2.71. The maximum atomic E-state index is 13.5. The molecule has 1 saturated heterocycles. The molecule has 0 radical (unpaired) electrons. The van der Waals surface area contributed by atoms with E-state index in [0.29, 0.717) is 25.6 Å². The van der Waals surface area contributed by atoms with Crippen molar-refractivity contribution in [1.29, 1.82) is 0 Å². The standard InChI is InChI=1S/C18H27FN4O2/c1-18(2,3)22-17(25)23-10-8-13(9-11-23)12-20-16(24)21-15-7-5-4-6-14(15)19/h4-7,13H,8-12H2,1-3H3,(H,22,25)(H2,20,21,24). The van der Waals surface area contributed by atoms with Crippen molar-refractivity contribution in [2.24, 2.45) is 5.92 Å². The number of rotatable bonds is 3. The Morgan fingerprint density at radius 1 is 1.20 bits per heavy atom. The molecule has 0 unspecified atom stereocenters. The van der Waals surface area contributed by atoms with Gasteiger partial charge in [-0.3, -0.25) is 0 Å². The number of halogens is 1. The molecule has 6 nitrogen and oxygen atoms in total. The lowest BCUT2D eigenvalue weighted by Crippen LogP contribution is -2.51. The Bertz CT molecular complexity index is 607. The minimum atomic E-state index is -0.462. The summed E-state index contributed by atoms with van der Waals surface area (Å²) in [7, 11) is 0. The van der Waals surface area contributed by atoms with Gasteiger partial charge in [0, 0.05) is 25.2 Å². The molecule has 1 heterocycles. The van der Waals surface area contributed by atoms with Gasteiger partial charge in [0.1, 0.15) is 5.82 Å². The van der Waals surface area contributed by atoms with E-state index in [4.69, 9.17) is 0 Å². The van der Waals surface area contributed by atoms with Crippen LogP contribution in [-0.4, -0.2) is 42.1 Å². The molecule has 7 heteroatoms. The highest BCUT2D eigenvalue weighted by Gasteiger charge is 2.25. The van der Waals surface area contributed by atoms with E-state index in [0.717, 1.165) is 12.8 Å². The molecule has 1 aliphatic rings. The zero-order valence-corrected chi connectivity index (χ0v) is 15.1. The normalized spacial score (nSPS) is 15.6. The van der Waals surface area contributed by atoms with Gasteiger partial charge in [0.05, 0.1) is 5.69 Å². The second-order valence-corrected chi connectivity index (χ2v) is 7.43. The van der Waals surface area contributed by atoms with Crippen molar-refractivity contribution in [2.45, 2.75) is 39.2 Å². The number of urea groups is 2. The lowest BCUT2D eigenvalue weighted by atomic mass is 9.97. The zero-order valence-electron chi connectivity index (χ0n) is 15.1. The van der Waals surface area contributed by atoms with Crippen LogP contribution < -0.4 is 16.0 Å². The Hall–Kier alpha value is -2.31. The molecule has 1 fully saturated rings. The summed E-state index contributed by atoms with van der Waals surface area (Å²) in [5, 5.41) is 8.24. The average molecular weight is 350 g/mol. The highest BCUT2D eigenvalue weighted by molar-refractivity contribution is 5.89. The number of nitrogens with one attached hydrogen (secondary N) is 3. The van der Waals surface area contributed by atoms with E-state index in [1.807, 2.05) is 20.8 Å². The van der Waals surface area contributed by atoms with Crippen molar-refractivity contribution in [3.8, 4) is 0 Å². The molecule has 1 aromatic rings. The third-order valence-electron chi connectivity index (χ3n) is 4.06. The van der Waals surface area contributed by atoms with Crippen LogP contribution in [-0.2, 0) is 0 Å². The second kappa shape index (κ2) is 8.18. The summed E-state index contributed by atoms with van der Waals surface area (Å²) >= 11 is 0. The molecule has 0 spiro atoms. The molecular formula is C18H27FN4O2. The molecule has 1 aliphatic heterocycles. The number of hydrogen-bond donors (Lipinski definition) is 3. The van der Waals surface area contributed by atoms with Crippen LogP contribution in [0.1, 0.15) is 33.6 Å².